The molecule has 0 aliphatic rings. The fourth-order valence-corrected chi connectivity index (χ4v) is 1.74. The summed E-state index contributed by atoms with van der Waals surface area (Å²) in [6.45, 7) is 4.32. The smallest absolute Gasteiger partial charge is 0.434 e. The Morgan fingerprint density at radius 2 is 1.95 bits per heavy atom. The second-order valence-corrected chi connectivity index (χ2v) is 5.48. The molecular formula is C14H17F3O2S. The van der Waals surface area contributed by atoms with Crippen LogP contribution in [0.2, 0.25) is 0 Å². The molecule has 6 heteroatoms. The van der Waals surface area contributed by atoms with E-state index >= 15 is 0 Å². The van der Waals surface area contributed by atoms with E-state index in [1.807, 2.05) is 13.8 Å². The SMILES string of the molecule is CCC(C)COC(=O)c1ccc(C=[SH]C(F)(F)F)cc1. The molecule has 0 amide bonds. The van der Waals surface area contributed by atoms with Crippen molar-refractivity contribution < 1.29 is 22.7 Å². The molecule has 1 atom stereocenters. The lowest BCUT2D eigenvalue weighted by molar-refractivity contribution is -0.0309. The first-order chi connectivity index (χ1) is 9.31. The summed E-state index contributed by atoms with van der Waals surface area (Å²) >= 11 is -0.729. The van der Waals surface area contributed by atoms with Crippen LogP contribution in [0.3, 0.4) is 0 Å². The van der Waals surface area contributed by atoms with Crippen LogP contribution in [0.15, 0.2) is 24.3 Å². The normalized spacial score (nSPS) is 13.8. The van der Waals surface area contributed by atoms with Crippen LogP contribution in [0.5, 0.6) is 0 Å². The number of alkyl halides is 3. The molecule has 0 aliphatic carbocycles. The predicted molar refractivity (Wildman–Crippen MR) is 76.4 cm³/mol. The molecule has 0 spiro atoms. The van der Waals surface area contributed by atoms with Gasteiger partial charge < -0.3 is 4.74 Å². The maximum atomic E-state index is 12.0. The number of ether oxygens (including phenoxy) is 1. The Kier molecular flexibility index (Phi) is 6.26. The predicted octanol–water partition coefficient (Wildman–Crippen LogP) is 4.03. The van der Waals surface area contributed by atoms with Crippen molar-refractivity contribution in [1.29, 1.82) is 0 Å². The molecule has 0 aromatic heterocycles. The summed E-state index contributed by atoms with van der Waals surface area (Å²) in [5.74, 6) is -0.164. The van der Waals surface area contributed by atoms with E-state index in [1.54, 1.807) is 0 Å². The number of hydrogen-bond acceptors (Lipinski definition) is 2. The lowest BCUT2D eigenvalue weighted by Crippen LogP contribution is -2.11. The van der Waals surface area contributed by atoms with Crippen LogP contribution in [-0.2, 0) is 4.74 Å². The Morgan fingerprint density at radius 1 is 1.35 bits per heavy atom. The molecule has 2 nitrogen and oxygen atoms in total. The first kappa shape index (κ1) is 16.8. The summed E-state index contributed by atoms with van der Waals surface area (Å²) in [5.41, 5.74) is -3.48. The van der Waals surface area contributed by atoms with Crippen molar-refractivity contribution in [3.8, 4) is 0 Å². The zero-order valence-corrected chi connectivity index (χ0v) is 12.2. The van der Waals surface area contributed by atoms with Gasteiger partial charge in [0.2, 0.25) is 0 Å². The molecule has 0 fully saturated rings. The monoisotopic (exact) mass is 306 g/mol. The number of hydrogen-bond donors (Lipinski definition) is 1. The second-order valence-electron chi connectivity index (χ2n) is 4.46. The molecule has 0 radical (unpaired) electrons. The number of rotatable bonds is 5. The molecule has 0 saturated heterocycles. The van der Waals surface area contributed by atoms with Crippen LogP contribution in [-0.4, -0.2) is 23.5 Å². The van der Waals surface area contributed by atoms with Crippen LogP contribution in [0.4, 0.5) is 13.2 Å². The molecule has 0 bridgehead atoms. The summed E-state index contributed by atoms with van der Waals surface area (Å²) < 4.78 is 41.2. The van der Waals surface area contributed by atoms with Gasteiger partial charge in [-0.25, -0.2) is 4.79 Å². The minimum Gasteiger partial charge on any atom is -0.462 e. The van der Waals surface area contributed by atoms with Gasteiger partial charge in [-0.05, 0) is 29.0 Å². The van der Waals surface area contributed by atoms with Gasteiger partial charge in [-0.15, -0.1) is 0 Å². The molecule has 0 N–H and O–H groups in total. The molecule has 112 valence electrons. The number of carbonyl (C=O) groups excluding carboxylic acids is 1. The van der Waals surface area contributed by atoms with E-state index in [4.69, 9.17) is 4.74 Å². The summed E-state index contributed by atoms with van der Waals surface area (Å²) in [5, 5.41) is 1.05. The van der Waals surface area contributed by atoms with Gasteiger partial charge in [0.25, 0.3) is 0 Å². The van der Waals surface area contributed by atoms with Crippen molar-refractivity contribution >= 4 is 22.7 Å². The van der Waals surface area contributed by atoms with E-state index in [1.165, 1.54) is 24.3 Å². The third-order valence-electron chi connectivity index (χ3n) is 2.70. The molecule has 1 aromatic carbocycles. The fourth-order valence-electron chi connectivity index (χ4n) is 1.27. The average molecular weight is 306 g/mol. The molecule has 20 heavy (non-hydrogen) atoms. The maximum Gasteiger partial charge on any atom is 0.434 e. The van der Waals surface area contributed by atoms with Crippen molar-refractivity contribution in [2.24, 2.45) is 5.92 Å². The Morgan fingerprint density at radius 3 is 2.45 bits per heavy atom. The molecule has 1 unspecified atom stereocenters. The zero-order chi connectivity index (χ0) is 15.2. The van der Waals surface area contributed by atoms with Gasteiger partial charge >= 0.3 is 11.5 Å². The average Bonchev–Trinajstić information content (AvgIpc) is 2.41. The summed E-state index contributed by atoms with van der Waals surface area (Å²) in [6.07, 6.45) is 0.914. The van der Waals surface area contributed by atoms with Crippen LogP contribution in [0, 0.1) is 5.92 Å². The first-order valence-corrected chi connectivity index (χ1v) is 7.17. The fraction of sp³-hybridized carbons (Fsp3) is 0.429. The minimum atomic E-state index is -4.24. The molecule has 0 saturated carbocycles. The van der Waals surface area contributed by atoms with Crippen molar-refractivity contribution in [3.63, 3.8) is 0 Å². The summed E-state index contributed by atoms with van der Waals surface area (Å²) in [6, 6.07) is 5.88. The third kappa shape index (κ3) is 6.23. The maximum absolute atomic E-state index is 12.0. The highest BCUT2D eigenvalue weighted by atomic mass is 32.1. The van der Waals surface area contributed by atoms with Gasteiger partial charge in [0, 0.05) is 0 Å². The van der Waals surface area contributed by atoms with Gasteiger partial charge in [-0.3, -0.25) is 0 Å². The van der Waals surface area contributed by atoms with Crippen LogP contribution < -0.4 is 0 Å². The highest BCUT2D eigenvalue weighted by Gasteiger charge is 2.21. The summed E-state index contributed by atoms with van der Waals surface area (Å²) in [7, 11) is 0. The van der Waals surface area contributed by atoms with Crippen molar-refractivity contribution in [2.75, 3.05) is 6.61 Å². The van der Waals surface area contributed by atoms with E-state index in [2.05, 4.69) is 0 Å². The van der Waals surface area contributed by atoms with Crippen LogP contribution in [0.1, 0.15) is 36.2 Å². The summed E-state index contributed by atoms with van der Waals surface area (Å²) in [4.78, 5) is 11.7. The van der Waals surface area contributed by atoms with Crippen molar-refractivity contribution in [3.05, 3.63) is 35.4 Å². The number of thiol groups is 1. The van der Waals surface area contributed by atoms with E-state index in [9.17, 15) is 18.0 Å². The van der Waals surface area contributed by atoms with E-state index in [0.29, 0.717) is 17.7 Å². The van der Waals surface area contributed by atoms with Gasteiger partial charge in [0.1, 0.15) is 0 Å². The highest BCUT2D eigenvalue weighted by Crippen LogP contribution is 2.24. The Hall–Kier alpha value is -1.30. The van der Waals surface area contributed by atoms with Crippen LogP contribution >= 0.6 is 11.4 Å². The van der Waals surface area contributed by atoms with Gasteiger partial charge in [-0.2, -0.15) is 13.2 Å². The van der Waals surface area contributed by atoms with E-state index < -0.39 is 22.8 Å². The quantitative estimate of drug-likeness (QED) is 0.505. The van der Waals surface area contributed by atoms with Gasteiger partial charge in [0.15, 0.2) is 0 Å². The first-order valence-electron chi connectivity index (χ1n) is 6.21. The number of carbonyl (C=O) groups is 1. The number of benzene rings is 1. The molecule has 0 heterocycles. The Bertz CT molecular complexity index is 466. The largest absolute Gasteiger partial charge is 0.462 e. The molecule has 1 rings (SSSR count). The zero-order valence-electron chi connectivity index (χ0n) is 11.3. The second kappa shape index (κ2) is 7.47. The minimum absolute atomic E-state index is 0.289. The van der Waals surface area contributed by atoms with E-state index in [0.717, 1.165) is 11.8 Å². The molecular weight excluding hydrogens is 289 g/mol. The van der Waals surface area contributed by atoms with Gasteiger partial charge in [0.05, 0.1) is 12.2 Å². The molecule has 0 aliphatic heterocycles. The van der Waals surface area contributed by atoms with Crippen LogP contribution in [0.25, 0.3) is 0 Å². The Balaban J connectivity index is 2.62. The topological polar surface area (TPSA) is 26.3 Å². The number of esters is 1. The molecule has 1 aromatic rings. The van der Waals surface area contributed by atoms with Crippen molar-refractivity contribution in [2.45, 2.75) is 25.8 Å². The lowest BCUT2D eigenvalue weighted by Gasteiger charge is -2.09. The standard InChI is InChI=1S/C14H17F3O2S/c1-3-10(2)8-19-13(18)12-6-4-11(5-7-12)9-20-14(15,16)17/h4-7,9-10,20H,3,8H2,1-2H3. The highest BCUT2D eigenvalue weighted by molar-refractivity contribution is 7.98. The van der Waals surface area contributed by atoms with Gasteiger partial charge in [-0.1, -0.05) is 43.8 Å². The third-order valence-corrected chi connectivity index (χ3v) is 3.42. The van der Waals surface area contributed by atoms with Crippen molar-refractivity contribution in [1.82, 2.24) is 0 Å². The lowest BCUT2D eigenvalue weighted by atomic mass is 10.1. The van der Waals surface area contributed by atoms with E-state index in [-0.39, 0.29) is 5.92 Å². The number of halogens is 3. The Labute approximate surface area is 119 Å².